The molecule has 0 spiro atoms. The molecular formula is C13H17NO2. The van der Waals surface area contributed by atoms with Crippen LogP contribution in [0, 0.1) is 6.92 Å². The Labute approximate surface area is 96.0 Å². The monoisotopic (exact) mass is 219 g/mol. The third-order valence-corrected chi connectivity index (χ3v) is 3.12. The number of methoxy groups -OCH3 is 1. The van der Waals surface area contributed by atoms with E-state index in [1.54, 1.807) is 4.90 Å². The Morgan fingerprint density at radius 3 is 2.94 bits per heavy atom. The van der Waals surface area contributed by atoms with Gasteiger partial charge in [0.05, 0.1) is 7.11 Å². The van der Waals surface area contributed by atoms with Crippen LogP contribution >= 0.6 is 0 Å². The van der Waals surface area contributed by atoms with Crippen LogP contribution in [0.15, 0.2) is 18.2 Å². The highest BCUT2D eigenvalue weighted by Gasteiger charge is 2.25. The zero-order chi connectivity index (χ0) is 11.7. The lowest BCUT2D eigenvalue weighted by molar-refractivity contribution is 0.115. The molecule has 0 saturated heterocycles. The molecule has 1 aliphatic rings. The normalized spacial score (nSPS) is 19.2. The molecule has 3 nitrogen and oxygen atoms in total. The van der Waals surface area contributed by atoms with Gasteiger partial charge in [0, 0.05) is 13.1 Å². The Balaban J connectivity index is 2.31. The van der Waals surface area contributed by atoms with Crippen molar-refractivity contribution in [2.75, 3.05) is 13.7 Å². The number of amides is 1. The smallest absolute Gasteiger partial charge is 0.409 e. The van der Waals surface area contributed by atoms with Crippen molar-refractivity contribution in [1.29, 1.82) is 0 Å². The van der Waals surface area contributed by atoms with Crippen molar-refractivity contribution in [1.82, 2.24) is 4.90 Å². The standard InChI is InChI=1S/C13H17NO2/c1-9-4-5-12-10(2)7-14(13(15)16-3)8-11(12)6-9/h4-6,10H,7-8H2,1-3H3. The predicted octanol–water partition coefficient (Wildman–Crippen LogP) is 2.68. The number of carbonyl (C=O) groups excluding carboxylic acids is 1. The Morgan fingerprint density at radius 2 is 2.25 bits per heavy atom. The summed E-state index contributed by atoms with van der Waals surface area (Å²) in [6.07, 6.45) is -0.237. The molecule has 0 radical (unpaired) electrons. The molecule has 0 N–H and O–H groups in total. The van der Waals surface area contributed by atoms with E-state index in [1.165, 1.54) is 23.8 Å². The minimum Gasteiger partial charge on any atom is -0.453 e. The quantitative estimate of drug-likeness (QED) is 0.671. The number of carbonyl (C=O) groups is 1. The topological polar surface area (TPSA) is 29.5 Å². The lowest BCUT2D eigenvalue weighted by Gasteiger charge is -2.32. The van der Waals surface area contributed by atoms with Crippen LogP contribution < -0.4 is 0 Å². The Kier molecular flexibility index (Phi) is 2.86. The van der Waals surface area contributed by atoms with Gasteiger partial charge in [0.25, 0.3) is 0 Å². The van der Waals surface area contributed by atoms with E-state index in [0.29, 0.717) is 12.5 Å². The second-order valence-electron chi connectivity index (χ2n) is 4.45. The summed E-state index contributed by atoms with van der Waals surface area (Å²) in [5.74, 6) is 0.378. The number of nitrogens with zero attached hydrogens (tertiary/aromatic N) is 1. The fraction of sp³-hybridized carbons (Fsp3) is 0.462. The highest BCUT2D eigenvalue weighted by Crippen LogP contribution is 2.28. The maximum Gasteiger partial charge on any atom is 0.409 e. The van der Waals surface area contributed by atoms with Crippen LogP contribution in [0.3, 0.4) is 0 Å². The van der Waals surface area contributed by atoms with Crippen molar-refractivity contribution >= 4 is 6.09 Å². The molecule has 86 valence electrons. The second kappa shape index (κ2) is 4.16. The van der Waals surface area contributed by atoms with Gasteiger partial charge in [0.15, 0.2) is 0 Å². The lowest BCUT2D eigenvalue weighted by atomic mass is 9.90. The SMILES string of the molecule is COC(=O)N1Cc2cc(C)ccc2C(C)C1. The average Bonchev–Trinajstić information content (AvgIpc) is 2.27. The predicted molar refractivity (Wildman–Crippen MR) is 62.4 cm³/mol. The van der Waals surface area contributed by atoms with Gasteiger partial charge in [-0.05, 0) is 24.0 Å². The highest BCUT2D eigenvalue weighted by atomic mass is 16.5. The number of aryl methyl sites for hydroxylation is 1. The average molecular weight is 219 g/mol. The van der Waals surface area contributed by atoms with Gasteiger partial charge in [-0.25, -0.2) is 4.79 Å². The first kappa shape index (κ1) is 11.0. The van der Waals surface area contributed by atoms with E-state index in [9.17, 15) is 4.79 Å². The number of rotatable bonds is 0. The molecule has 1 aromatic carbocycles. The molecular weight excluding hydrogens is 202 g/mol. The third kappa shape index (κ3) is 1.90. The first-order valence-electron chi connectivity index (χ1n) is 5.54. The second-order valence-corrected chi connectivity index (χ2v) is 4.45. The zero-order valence-electron chi connectivity index (χ0n) is 9.99. The lowest BCUT2D eigenvalue weighted by Crippen LogP contribution is -2.37. The summed E-state index contributed by atoms with van der Waals surface area (Å²) < 4.78 is 4.77. The molecule has 0 aliphatic carbocycles. The fourth-order valence-electron chi connectivity index (χ4n) is 2.32. The molecule has 1 heterocycles. The maximum absolute atomic E-state index is 11.5. The van der Waals surface area contributed by atoms with Gasteiger partial charge in [-0.15, -0.1) is 0 Å². The van der Waals surface area contributed by atoms with Crippen LogP contribution in [-0.4, -0.2) is 24.6 Å². The fourth-order valence-corrected chi connectivity index (χ4v) is 2.32. The van der Waals surface area contributed by atoms with Crippen LogP contribution in [0.25, 0.3) is 0 Å². The van der Waals surface area contributed by atoms with E-state index in [1.807, 2.05) is 0 Å². The summed E-state index contributed by atoms with van der Waals surface area (Å²) in [6.45, 7) is 5.61. The number of hydrogen-bond donors (Lipinski definition) is 0. The summed E-state index contributed by atoms with van der Waals surface area (Å²) in [4.78, 5) is 13.3. The molecule has 16 heavy (non-hydrogen) atoms. The van der Waals surface area contributed by atoms with Gasteiger partial charge in [0.2, 0.25) is 0 Å². The van der Waals surface area contributed by atoms with Crippen molar-refractivity contribution in [3.63, 3.8) is 0 Å². The summed E-state index contributed by atoms with van der Waals surface area (Å²) in [5.41, 5.74) is 3.83. The molecule has 0 aromatic heterocycles. The summed E-state index contributed by atoms with van der Waals surface area (Å²) in [7, 11) is 1.43. The minimum atomic E-state index is -0.237. The van der Waals surface area contributed by atoms with Gasteiger partial charge in [-0.1, -0.05) is 30.7 Å². The molecule has 1 atom stereocenters. The number of hydrogen-bond acceptors (Lipinski definition) is 2. The van der Waals surface area contributed by atoms with Crippen LogP contribution in [-0.2, 0) is 11.3 Å². The molecule has 1 aliphatic heterocycles. The van der Waals surface area contributed by atoms with Gasteiger partial charge in [0.1, 0.15) is 0 Å². The summed E-state index contributed by atoms with van der Waals surface area (Å²) >= 11 is 0. The van der Waals surface area contributed by atoms with Crippen LogP contribution in [0.2, 0.25) is 0 Å². The van der Waals surface area contributed by atoms with Crippen LogP contribution in [0.1, 0.15) is 29.5 Å². The van der Waals surface area contributed by atoms with Gasteiger partial charge < -0.3 is 9.64 Å². The first-order valence-corrected chi connectivity index (χ1v) is 5.54. The third-order valence-electron chi connectivity index (χ3n) is 3.12. The molecule has 2 rings (SSSR count). The van der Waals surface area contributed by atoms with E-state index >= 15 is 0 Å². The number of ether oxygens (including phenoxy) is 1. The van der Waals surface area contributed by atoms with Gasteiger partial charge in [-0.2, -0.15) is 0 Å². The van der Waals surface area contributed by atoms with Crippen molar-refractivity contribution in [2.45, 2.75) is 26.3 Å². The Bertz CT molecular complexity index is 414. The molecule has 0 bridgehead atoms. The zero-order valence-corrected chi connectivity index (χ0v) is 9.99. The number of fused-ring (bicyclic) bond motifs is 1. The van der Waals surface area contributed by atoms with Crippen molar-refractivity contribution < 1.29 is 9.53 Å². The van der Waals surface area contributed by atoms with E-state index in [4.69, 9.17) is 4.74 Å². The first-order chi connectivity index (χ1) is 7.61. The summed E-state index contributed by atoms with van der Waals surface area (Å²) in [5, 5.41) is 0. The van der Waals surface area contributed by atoms with E-state index in [0.717, 1.165) is 6.54 Å². The molecule has 3 heteroatoms. The van der Waals surface area contributed by atoms with Gasteiger partial charge >= 0.3 is 6.09 Å². The Hall–Kier alpha value is -1.51. The van der Waals surface area contributed by atoms with E-state index in [-0.39, 0.29) is 6.09 Å². The number of benzene rings is 1. The van der Waals surface area contributed by atoms with E-state index < -0.39 is 0 Å². The molecule has 1 aromatic rings. The maximum atomic E-state index is 11.5. The van der Waals surface area contributed by atoms with Crippen LogP contribution in [0.4, 0.5) is 4.79 Å². The van der Waals surface area contributed by atoms with Crippen LogP contribution in [0.5, 0.6) is 0 Å². The largest absolute Gasteiger partial charge is 0.453 e. The molecule has 0 fully saturated rings. The minimum absolute atomic E-state index is 0.237. The highest BCUT2D eigenvalue weighted by molar-refractivity contribution is 5.68. The van der Waals surface area contributed by atoms with Crippen molar-refractivity contribution in [2.24, 2.45) is 0 Å². The molecule has 1 unspecified atom stereocenters. The molecule has 0 saturated carbocycles. The van der Waals surface area contributed by atoms with Crippen molar-refractivity contribution in [3.05, 3.63) is 34.9 Å². The summed E-state index contributed by atoms with van der Waals surface area (Å²) in [6, 6.07) is 6.45. The Morgan fingerprint density at radius 1 is 1.50 bits per heavy atom. The van der Waals surface area contributed by atoms with Crippen molar-refractivity contribution in [3.8, 4) is 0 Å². The van der Waals surface area contributed by atoms with E-state index in [2.05, 4.69) is 32.0 Å². The van der Waals surface area contributed by atoms with Gasteiger partial charge in [-0.3, -0.25) is 0 Å². The molecule has 1 amide bonds.